The van der Waals surface area contributed by atoms with E-state index >= 15 is 0 Å². The molecule has 1 aliphatic rings. The van der Waals surface area contributed by atoms with Crippen molar-refractivity contribution >= 4 is 9.84 Å². The summed E-state index contributed by atoms with van der Waals surface area (Å²) in [7, 11) is -3.26. The number of H-pyrrole nitrogens is 1. The van der Waals surface area contributed by atoms with Crippen molar-refractivity contribution < 1.29 is 17.9 Å². The SMILES string of the molecule is CC(CS(=O)(=O)CCCOCn1ccc(=O)[nH]c1=O)c1cccc(OC2CCCC2)c1. The molecule has 1 N–H and O–H groups in total. The lowest BCUT2D eigenvalue weighted by Gasteiger charge is -2.17. The van der Waals surface area contributed by atoms with Crippen molar-refractivity contribution in [2.75, 3.05) is 18.1 Å². The minimum atomic E-state index is -3.26. The molecule has 1 atom stereocenters. The summed E-state index contributed by atoms with van der Waals surface area (Å²) in [6, 6.07) is 8.95. The summed E-state index contributed by atoms with van der Waals surface area (Å²) < 4.78 is 37.6. The molecule has 0 spiro atoms. The minimum absolute atomic E-state index is 0.0100. The highest BCUT2D eigenvalue weighted by atomic mass is 32.2. The normalized spacial score (nSPS) is 15.8. The number of hydrogen-bond donors (Lipinski definition) is 1. The van der Waals surface area contributed by atoms with E-state index in [2.05, 4.69) is 4.98 Å². The van der Waals surface area contributed by atoms with E-state index in [9.17, 15) is 18.0 Å². The molecule has 1 heterocycles. The molecule has 8 nitrogen and oxygen atoms in total. The number of aromatic amines is 1. The minimum Gasteiger partial charge on any atom is -0.490 e. The number of aromatic nitrogens is 2. The quantitative estimate of drug-likeness (QED) is 0.527. The van der Waals surface area contributed by atoms with Crippen molar-refractivity contribution in [3.8, 4) is 5.75 Å². The van der Waals surface area contributed by atoms with Crippen molar-refractivity contribution in [1.29, 1.82) is 0 Å². The first-order valence-electron chi connectivity index (χ1n) is 10.7. The second kappa shape index (κ2) is 10.8. The van der Waals surface area contributed by atoms with Crippen LogP contribution >= 0.6 is 0 Å². The second-order valence-corrected chi connectivity index (χ2v) is 10.3. The fourth-order valence-corrected chi connectivity index (χ4v) is 5.42. The van der Waals surface area contributed by atoms with E-state index in [1.165, 1.54) is 29.7 Å². The lowest BCUT2D eigenvalue weighted by molar-refractivity contribution is 0.0745. The maximum atomic E-state index is 12.5. The molecule has 1 saturated carbocycles. The molecule has 3 rings (SSSR count). The fraction of sp³-hybridized carbons (Fsp3) is 0.545. The summed E-state index contributed by atoms with van der Waals surface area (Å²) in [5.41, 5.74) is -0.0852. The van der Waals surface area contributed by atoms with Gasteiger partial charge >= 0.3 is 5.69 Å². The third-order valence-electron chi connectivity index (χ3n) is 5.41. The van der Waals surface area contributed by atoms with Crippen LogP contribution in [0.2, 0.25) is 0 Å². The zero-order valence-corrected chi connectivity index (χ0v) is 18.6. The Balaban J connectivity index is 1.44. The molecule has 1 aromatic heterocycles. The van der Waals surface area contributed by atoms with Crippen LogP contribution < -0.4 is 16.0 Å². The first-order chi connectivity index (χ1) is 14.8. The van der Waals surface area contributed by atoms with Crippen LogP contribution in [-0.2, 0) is 21.3 Å². The summed E-state index contributed by atoms with van der Waals surface area (Å²) in [6.45, 7) is 2.06. The highest BCUT2D eigenvalue weighted by Gasteiger charge is 2.19. The lowest BCUT2D eigenvalue weighted by Crippen LogP contribution is -2.29. The number of ether oxygens (including phenoxy) is 2. The highest BCUT2D eigenvalue weighted by Crippen LogP contribution is 2.27. The Labute approximate surface area is 182 Å². The Hall–Kier alpha value is -2.39. The van der Waals surface area contributed by atoms with Gasteiger partial charge in [0.2, 0.25) is 0 Å². The molecule has 0 saturated heterocycles. The van der Waals surface area contributed by atoms with E-state index in [1.54, 1.807) is 0 Å². The van der Waals surface area contributed by atoms with Gasteiger partial charge in [0.15, 0.2) is 9.84 Å². The predicted octanol–water partition coefficient (Wildman–Crippen LogP) is 2.44. The van der Waals surface area contributed by atoms with Gasteiger partial charge in [-0.1, -0.05) is 19.1 Å². The van der Waals surface area contributed by atoms with Crippen LogP contribution in [0.5, 0.6) is 5.75 Å². The molecule has 1 fully saturated rings. The van der Waals surface area contributed by atoms with E-state index in [-0.39, 0.29) is 36.9 Å². The third kappa shape index (κ3) is 7.36. The second-order valence-electron chi connectivity index (χ2n) is 8.08. The van der Waals surface area contributed by atoms with Crippen LogP contribution in [0.3, 0.4) is 0 Å². The van der Waals surface area contributed by atoms with Crippen molar-refractivity contribution in [3.05, 3.63) is 62.9 Å². The maximum absolute atomic E-state index is 12.5. The molecular weight excluding hydrogens is 420 g/mol. The topological polar surface area (TPSA) is 107 Å². The molecule has 9 heteroatoms. The number of hydrogen-bond acceptors (Lipinski definition) is 6. The van der Waals surface area contributed by atoms with Crippen LogP contribution in [0.25, 0.3) is 0 Å². The lowest BCUT2D eigenvalue weighted by atomic mass is 10.0. The maximum Gasteiger partial charge on any atom is 0.330 e. The van der Waals surface area contributed by atoms with Gasteiger partial charge in [0.25, 0.3) is 5.56 Å². The van der Waals surface area contributed by atoms with Gasteiger partial charge in [0.1, 0.15) is 12.5 Å². The molecule has 0 bridgehead atoms. The molecule has 2 aromatic rings. The molecule has 1 aromatic carbocycles. The Morgan fingerprint density at radius 3 is 2.71 bits per heavy atom. The Kier molecular flexibility index (Phi) is 8.09. The first kappa shape index (κ1) is 23.3. The molecular formula is C22H30N2O6S. The van der Waals surface area contributed by atoms with Gasteiger partial charge in [-0.3, -0.25) is 14.3 Å². The van der Waals surface area contributed by atoms with E-state index in [0.717, 1.165) is 24.2 Å². The number of rotatable bonds is 11. The standard InChI is InChI=1S/C22H30N2O6S/c1-17(18-6-4-9-20(14-18)30-19-7-2-3-8-19)15-31(27,28)13-5-12-29-16-24-11-10-21(25)23-22(24)26/h4,6,9-11,14,17,19H,2-3,5,7-8,12-13,15-16H2,1H3,(H,23,25,26). The summed E-state index contributed by atoms with van der Waals surface area (Å²) in [6.07, 6.45) is 6.48. The van der Waals surface area contributed by atoms with E-state index in [4.69, 9.17) is 9.47 Å². The third-order valence-corrected chi connectivity index (χ3v) is 7.33. The highest BCUT2D eigenvalue weighted by molar-refractivity contribution is 7.91. The van der Waals surface area contributed by atoms with Crippen molar-refractivity contribution in [2.45, 2.75) is 57.8 Å². The van der Waals surface area contributed by atoms with Gasteiger partial charge < -0.3 is 9.47 Å². The zero-order chi connectivity index (χ0) is 22.3. The zero-order valence-electron chi connectivity index (χ0n) is 17.8. The number of benzene rings is 1. The molecule has 170 valence electrons. The molecule has 31 heavy (non-hydrogen) atoms. The number of nitrogens with zero attached hydrogens (tertiary/aromatic N) is 1. The monoisotopic (exact) mass is 450 g/mol. The van der Waals surface area contributed by atoms with Crippen molar-refractivity contribution in [2.24, 2.45) is 0 Å². The van der Waals surface area contributed by atoms with Gasteiger partial charge in [0, 0.05) is 18.9 Å². The van der Waals surface area contributed by atoms with Crippen LogP contribution in [0.15, 0.2) is 46.1 Å². The summed E-state index contributed by atoms with van der Waals surface area (Å²) in [5, 5.41) is 0. The number of nitrogens with one attached hydrogen (secondary N) is 1. The van der Waals surface area contributed by atoms with E-state index < -0.39 is 21.1 Å². The Bertz CT molecular complexity index is 1070. The summed E-state index contributed by atoms with van der Waals surface area (Å²) in [4.78, 5) is 24.7. The van der Waals surface area contributed by atoms with Crippen LogP contribution in [-0.4, -0.2) is 42.2 Å². The van der Waals surface area contributed by atoms with Crippen LogP contribution in [0.4, 0.5) is 0 Å². The molecule has 1 unspecified atom stereocenters. The fourth-order valence-electron chi connectivity index (χ4n) is 3.74. The molecule has 0 aliphatic heterocycles. The molecule has 0 amide bonds. The van der Waals surface area contributed by atoms with Gasteiger partial charge in [-0.25, -0.2) is 13.2 Å². The van der Waals surface area contributed by atoms with Crippen LogP contribution in [0, 0.1) is 0 Å². The van der Waals surface area contributed by atoms with Crippen molar-refractivity contribution in [3.63, 3.8) is 0 Å². The Morgan fingerprint density at radius 1 is 1.19 bits per heavy atom. The van der Waals surface area contributed by atoms with Gasteiger partial charge in [-0.05, 0) is 55.7 Å². The average molecular weight is 451 g/mol. The van der Waals surface area contributed by atoms with E-state index in [1.807, 2.05) is 31.2 Å². The van der Waals surface area contributed by atoms with Gasteiger partial charge in [0.05, 0.1) is 17.6 Å². The summed E-state index contributed by atoms with van der Waals surface area (Å²) in [5.74, 6) is 0.729. The molecule has 0 radical (unpaired) electrons. The van der Waals surface area contributed by atoms with Gasteiger partial charge in [-0.2, -0.15) is 0 Å². The predicted molar refractivity (Wildman–Crippen MR) is 118 cm³/mol. The molecule has 1 aliphatic carbocycles. The largest absolute Gasteiger partial charge is 0.490 e. The van der Waals surface area contributed by atoms with E-state index in [0.29, 0.717) is 6.42 Å². The van der Waals surface area contributed by atoms with Crippen LogP contribution in [0.1, 0.15) is 50.5 Å². The average Bonchev–Trinajstić information content (AvgIpc) is 3.22. The first-order valence-corrected chi connectivity index (χ1v) is 12.5. The summed E-state index contributed by atoms with van der Waals surface area (Å²) >= 11 is 0. The Morgan fingerprint density at radius 2 is 1.97 bits per heavy atom. The number of sulfone groups is 1. The van der Waals surface area contributed by atoms with Gasteiger partial charge in [-0.15, -0.1) is 0 Å². The van der Waals surface area contributed by atoms with Crippen molar-refractivity contribution in [1.82, 2.24) is 9.55 Å². The smallest absolute Gasteiger partial charge is 0.330 e.